The maximum absolute atomic E-state index is 12.5. The summed E-state index contributed by atoms with van der Waals surface area (Å²) in [5, 5.41) is 8.34. The number of benzene rings is 2. The van der Waals surface area contributed by atoms with Crippen molar-refractivity contribution < 1.29 is 22.3 Å². The third kappa shape index (κ3) is 5.85. The van der Waals surface area contributed by atoms with Crippen LogP contribution in [0.4, 0.5) is 13.2 Å². The molecule has 3 rings (SSSR count). The van der Waals surface area contributed by atoms with E-state index in [0.29, 0.717) is 29.5 Å². The third-order valence-corrected chi connectivity index (χ3v) is 5.09. The van der Waals surface area contributed by atoms with Gasteiger partial charge in [0.1, 0.15) is 5.75 Å². The molecule has 0 spiro atoms. The first kappa shape index (κ1) is 22.8. The zero-order chi connectivity index (χ0) is 22.8. The molecule has 0 aliphatic heterocycles. The number of ether oxygens (including phenoxy) is 1. The van der Waals surface area contributed by atoms with Gasteiger partial charge in [0.15, 0.2) is 6.61 Å². The van der Waals surface area contributed by atoms with E-state index in [1.165, 1.54) is 0 Å². The molecule has 0 aliphatic rings. The predicted molar refractivity (Wildman–Crippen MR) is 112 cm³/mol. The van der Waals surface area contributed by atoms with Gasteiger partial charge in [0.25, 0.3) is 0 Å². The smallest absolute Gasteiger partial charge is 0.422 e. The first-order chi connectivity index (χ1) is 14.5. The minimum absolute atomic E-state index is 0.145. The Kier molecular flexibility index (Phi) is 6.69. The lowest BCUT2D eigenvalue weighted by atomic mass is 10.0. The third-order valence-electron chi connectivity index (χ3n) is 5.09. The van der Waals surface area contributed by atoms with Crippen LogP contribution in [0.2, 0.25) is 0 Å². The van der Waals surface area contributed by atoms with Crippen molar-refractivity contribution in [2.45, 2.75) is 46.5 Å². The van der Waals surface area contributed by atoms with Gasteiger partial charge >= 0.3 is 6.18 Å². The summed E-state index contributed by atoms with van der Waals surface area (Å²) in [6, 6.07) is 11.4. The Bertz CT molecular complexity index is 1010. The summed E-state index contributed by atoms with van der Waals surface area (Å²) in [6.07, 6.45) is -4.37. The van der Waals surface area contributed by atoms with Crippen LogP contribution in [-0.4, -0.2) is 34.9 Å². The van der Waals surface area contributed by atoms with Crippen molar-refractivity contribution in [1.29, 1.82) is 0 Å². The van der Waals surface area contributed by atoms with Crippen LogP contribution in [0.3, 0.4) is 0 Å². The van der Waals surface area contributed by atoms with Crippen molar-refractivity contribution in [2.75, 3.05) is 13.7 Å². The number of aromatic nitrogens is 2. The van der Waals surface area contributed by atoms with Gasteiger partial charge in [0, 0.05) is 12.1 Å². The standard InChI is InChI=1S/C23H26F3N3O2/c1-14-6-8-19(9-7-14)22-28-27-21(31-22)17(4)29(5)12-18-10-15(2)20(16(3)11-18)30-13-23(24,25)26/h6-11,17H,12-13H2,1-5H3. The second kappa shape index (κ2) is 9.09. The van der Waals surface area contributed by atoms with Crippen molar-refractivity contribution in [3.8, 4) is 17.2 Å². The van der Waals surface area contributed by atoms with Gasteiger partial charge in [-0.05, 0) is 63.6 Å². The summed E-state index contributed by atoms with van der Waals surface area (Å²) in [5.74, 6) is 1.24. The van der Waals surface area contributed by atoms with Crippen molar-refractivity contribution in [1.82, 2.24) is 15.1 Å². The van der Waals surface area contributed by atoms with Crippen LogP contribution in [0.15, 0.2) is 40.8 Å². The summed E-state index contributed by atoms with van der Waals surface area (Å²) in [6.45, 7) is 6.73. The molecule has 1 atom stereocenters. The average molecular weight is 433 g/mol. The van der Waals surface area contributed by atoms with Gasteiger partial charge in [0.2, 0.25) is 11.8 Å². The van der Waals surface area contributed by atoms with Crippen molar-refractivity contribution >= 4 is 0 Å². The maximum atomic E-state index is 12.5. The Balaban J connectivity index is 1.69. The molecule has 0 saturated carbocycles. The van der Waals surface area contributed by atoms with Crippen LogP contribution in [0.5, 0.6) is 5.75 Å². The SMILES string of the molecule is Cc1ccc(-c2nnc(C(C)N(C)Cc3cc(C)c(OCC(F)(F)F)c(C)c3)o2)cc1. The molecule has 0 bridgehead atoms. The highest BCUT2D eigenvalue weighted by molar-refractivity contribution is 5.52. The predicted octanol–water partition coefficient (Wildman–Crippen LogP) is 5.80. The second-order valence-corrected chi connectivity index (χ2v) is 7.87. The Labute approximate surface area is 179 Å². The van der Waals surface area contributed by atoms with Gasteiger partial charge in [-0.2, -0.15) is 13.2 Å². The summed E-state index contributed by atoms with van der Waals surface area (Å²) in [7, 11) is 1.93. The van der Waals surface area contributed by atoms with Gasteiger partial charge in [-0.25, -0.2) is 0 Å². The van der Waals surface area contributed by atoms with E-state index in [-0.39, 0.29) is 11.8 Å². The number of hydrogen-bond acceptors (Lipinski definition) is 5. The van der Waals surface area contributed by atoms with Crippen molar-refractivity contribution in [3.63, 3.8) is 0 Å². The highest BCUT2D eigenvalue weighted by atomic mass is 19.4. The topological polar surface area (TPSA) is 51.4 Å². The van der Waals surface area contributed by atoms with E-state index >= 15 is 0 Å². The number of alkyl halides is 3. The van der Waals surface area contributed by atoms with Gasteiger partial charge in [0.05, 0.1) is 6.04 Å². The highest BCUT2D eigenvalue weighted by Crippen LogP contribution is 2.29. The quantitative estimate of drug-likeness (QED) is 0.472. The molecule has 1 unspecified atom stereocenters. The number of aryl methyl sites for hydroxylation is 3. The van der Waals surface area contributed by atoms with Crippen LogP contribution in [0, 0.1) is 20.8 Å². The molecule has 0 amide bonds. The number of nitrogens with zero attached hydrogens (tertiary/aromatic N) is 3. The van der Waals surface area contributed by atoms with Crippen LogP contribution in [0.25, 0.3) is 11.5 Å². The van der Waals surface area contributed by atoms with Crippen LogP contribution in [-0.2, 0) is 6.54 Å². The zero-order valence-corrected chi connectivity index (χ0v) is 18.2. The number of rotatable bonds is 7. The highest BCUT2D eigenvalue weighted by Gasteiger charge is 2.29. The van der Waals surface area contributed by atoms with Gasteiger partial charge < -0.3 is 9.15 Å². The van der Waals surface area contributed by atoms with E-state index in [2.05, 4.69) is 10.2 Å². The normalized spacial score (nSPS) is 12.9. The van der Waals surface area contributed by atoms with E-state index in [1.807, 2.05) is 62.2 Å². The van der Waals surface area contributed by atoms with E-state index in [0.717, 1.165) is 16.7 Å². The molecular formula is C23H26F3N3O2. The fourth-order valence-corrected chi connectivity index (χ4v) is 3.34. The lowest BCUT2D eigenvalue weighted by molar-refractivity contribution is -0.153. The van der Waals surface area contributed by atoms with Crippen LogP contribution in [0.1, 0.15) is 41.1 Å². The summed E-state index contributed by atoms with van der Waals surface area (Å²) < 4.78 is 48.3. The molecule has 0 saturated heterocycles. The fourth-order valence-electron chi connectivity index (χ4n) is 3.34. The summed E-state index contributed by atoms with van der Waals surface area (Å²) >= 11 is 0. The Morgan fingerprint density at radius 1 is 1.03 bits per heavy atom. The lowest BCUT2D eigenvalue weighted by Gasteiger charge is -2.23. The molecule has 0 radical (unpaired) electrons. The van der Waals surface area contributed by atoms with Crippen LogP contribution >= 0.6 is 0 Å². The minimum atomic E-state index is -4.37. The Morgan fingerprint density at radius 2 is 1.65 bits per heavy atom. The lowest BCUT2D eigenvalue weighted by Crippen LogP contribution is -2.22. The molecule has 0 aliphatic carbocycles. The monoisotopic (exact) mass is 433 g/mol. The number of halogens is 3. The zero-order valence-electron chi connectivity index (χ0n) is 18.2. The van der Waals surface area contributed by atoms with Gasteiger partial charge in [-0.1, -0.05) is 29.8 Å². The first-order valence-electron chi connectivity index (χ1n) is 9.94. The largest absolute Gasteiger partial charge is 0.484 e. The molecule has 2 aromatic carbocycles. The molecule has 31 heavy (non-hydrogen) atoms. The first-order valence-corrected chi connectivity index (χ1v) is 9.94. The van der Waals surface area contributed by atoms with E-state index in [4.69, 9.17) is 9.15 Å². The van der Waals surface area contributed by atoms with E-state index in [1.54, 1.807) is 13.8 Å². The molecule has 8 heteroatoms. The summed E-state index contributed by atoms with van der Waals surface area (Å²) in [5.41, 5.74) is 4.30. The molecule has 166 valence electrons. The molecule has 1 heterocycles. The maximum Gasteiger partial charge on any atom is 0.422 e. The molecule has 5 nitrogen and oxygen atoms in total. The molecule has 1 aromatic heterocycles. The average Bonchev–Trinajstić information content (AvgIpc) is 3.16. The Morgan fingerprint density at radius 3 is 2.23 bits per heavy atom. The molecule has 0 fully saturated rings. The van der Waals surface area contributed by atoms with E-state index < -0.39 is 12.8 Å². The van der Waals surface area contributed by atoms with Gasteiger partial charge in [-0.15, -0.1) is 10.2 Å². The molecule has 3 aromatic rings. The fraction of sp³-hybridized carbons (Fsp3) is 0.391. The number of hydrogen-bond donors (Lipinski definition) is 0. The summed E-state index contributed by atoms with van der Waals surface area (Å²) in [4.78, 5) is 2.04. The molecule has 0 N–H and O–H groups in total. The van der Waals surface area contributed by atoms with Gasteiger partial charge in [-0.3, -0.25) is 4.90 Å². The Hall–Kier alpha value is -2.87. The van der Waals surface area contributed by atoms with Crippen molar-refractivity contribution in [2.24, 2.45) is 0 Å². The minimum Gasteiger partial charge on any atom is -0.484 e. The van der Waals surface area contributed by atoms with E-state index in [9.17, 15) is 13.2 Å². The van der Waals surface area contributed by atoms with Crippen LogP contribution < -0.4 is 4.74 Å². The van der Waals surface area contributed by atoms with Crippen molar-refractivity contribution in [3.05, 3.63) is 64.5 Å². The second-order valence-electron chi connectivity index (χ2n) is 7.87. The molecular weight excluding hydrogens is 407 g/mol.